The predicted octanol–water partition coefficient (Wildman–Crippen LogP) is 13.8. The van der Waals surface area contributed by atoms with E-state index in [1.54, 1.807) is 0 Å². The molecule has 0 unspecified atom stereocenters. The van der Waals surface area contributed by atoms with Gasteiger partial charge in [-0.3, -0.25) is 9.97 Å². The molecule has 0 spiro atoms. The van der Waals surface area contributed by atoms with Crippen molar-refractivity contribution in [2.75, 3.05) is 0 Å². The van der Waals surface area contributed by atoms with Crippen LogP contribution < -0.4 is 0 Å². The maximum absolute atomic E-state index is 5.01. The van der Waals surface area contributed by atoms with Crippen molar-refractivity contribution in [3.8, 4) is 45.0 Å². The predicted molar refractivity (Wildman–Crippen MR) is 239 cm³/mol. The lowest BCUT2D eigenvalue weighted by Crippen LogP contribution is -1.95. The lowest BCUT2D eigenvalue weighted by molar-refractivity contribution is 1.22. The van der Waals surface area contributed by atoms with Gasteiger partial charge in [-0.15, -0.1) is 0 Å². The monoisotopic (exact) mass is 725 g/mol. The Kier molecular flexibility index (Phi) is 7.89. The molecule has 0 atom stereocenters. The van der Waals surface area contributed by atoms with Crippen molar-refractivity contribution in [3.63, 3.8) is 0 Å². The second kappa shape index (κ2) is 13.7. The molecule has 0 bridgehead atoms. The number of rotatable bonds is 5. The summed E-state index contributed by atoms with van der Waals surface area (Å²) in [7, 11) is 0. The van der Waals surface area contributed by atoms with Crippen molar-refractivity contribution in [2.45, 2.75) is 6.42 Å². The van der Waals surface area contributed by atoms with Crippen LogP contribution in [0.4, 0.5) is 0 Å². The van der Waals surface area contributed by atoms with E-state index in [1.807, 2.05) is 48.8 Å². The van der Waals surface area contributed by atoms with E-state index in [1.165, 1.54) is 76.5 Å². The van der Waals surface area contributed by atoms with Gasteiger partial charge in [-0.05, 0) is 137 Å². The molecule has 0 amide bonds. The topological polar surface area (TPSA) is 38.7 Å². The number of fused-ring (bicyclic) bond motifs is 9. The highest BCUT2D eigenvalue weighted by Crippen LogP contribution is 2.46. The second-order valence-corrected chi connectivity index (χ2v) is 14.7. The number of benzene rings is 7. The molecular weight excluding hydrogens is 691 g/mol. The molecule has 3 heteroatoms. The largest absolute Gasteiger partial charge is 0.255 e. The maximum atomic E-state index is 5.01. The molecule has 3 nitrogen and oxygen atoms in total. The Labute approximate surface area is 331 Å². The number of hydrogen-bond donors (Lipinski definition) is 0. The highest BCUT2D eigenvalue weighted by atomic mass is 14.8. The fourth-order valence-electron chi connectivity index (χ4n) is 8.85. The van der Waals surface area contributed by atoms with Crippen molar-refractivity contribution in [1.29, 1.82) is 0 Å². The third kappa shape index (κ3) is 5.63. The number of hydrogen-bond acceptors (Lipinski definition) is 3. The molecule has 7 aromatic carbocycles. The first-order valence-electron chi connectivity index (χ1n) is 19.5. The summed E-state index contributed by atoms with van der Waals surface area (Å²) in [5.41, 5.74) is 13.0. The molecule has 0 fully saturated rings. The van der Waals surface area contributed by atoms with Gasteiger partial charge in [0.2, 0.25) is 0 Å². The third-order valence-corrected chi connectivity index (χ3v) is 11.4. The molecule has 0 saturated heterocycles. The fraction of sp³-hybridized carbons (Fsp3) is 0.0185. The Balaban J connectivity index is 1.14. The Morgan fingerprint density at radius 3 is 1.42 bits per heavy atom. The zero-order valence-corrected chi connectivity index (χ0v) is 31.1. The third-order valence-electron chi connectivity index (χ3n) is 11.4. The van der Waals surface area contributed by atoms with E-state index in [0.717, 1.165) is 40.3 Å². The van der Waals surface area contributed by atoms with Crippen LogP contribution in [0.5, 0.6) is 0 Å². The average molecular weight is 726 g/mol. The van der Waals surface area contributed by atoms with E-state index in [-0.39, 0.29) is 0 Å². The molecule has 0 aliphatic heterocycles. The van der Waals surface area contributed by atoms with Gasteiger partial charge in [-0.1, -0.05) is 146 Å². The minimum Gasteiger partial charge on any atom is -0.255 e. The van der Waals surface area contributed by atoms with Crippen molar-refractivity contribution >= 4 is 54.7 Å². The zero-order valence-electron chi connectivity index (χ0n) is 31.1. The van der Waals surface area contributed by atoms with Gasteiger partial charge in [-0.2, -0.15) is 0 Å². The van der Waals surface area contributed by atoms with Crippen molar-refractivity contribution < 1.29 is 0 Å². The van der Waals surface area contributed by atoms with Gasteiger partial charge < -0.3 is 0 Å². The van der Waals surface area contributed by atoms with Gasteiger partial charge in [0.25, 0.3) is 0 Å². The van der Waals surface area contributed by atoms with Crippen LogP contribution in [-0.2, 0) is 6.42 Å². The smallest absolute Gasteiger partial charge is 0.0900 e. The SMILES string of the molecule is C1=CC(c2c(-c3ccc(-c4cc(-c5ccccn5)nc(-c5ccccn5)c4)cc3)c3ccccc3c3ccccc23)=Cc2c(c3ccccc3c3ccccc23)C1. The van der Waals surface area contributed by atoms with Crippen LogP contribution in [0.25, 0.3) is 99.8 Å². The summed E-state index contributed by atoms with van der Waals surface area (Å²) in [6, 6.07) is 60.7. The van der Waals surface area contributed by atoms with E-state index in [4.69, 9.17) is 4.98 Å². The van der Waals surface area contributed by atoms with Crippen LogP contribution in [0.2, 0.25) is 0 Å². The summed E-state index contributed by atoms with van der Waals surface area (Å²) in [5.74, 6) is 0. The Morgan fingerprint density at radius 1 is 0.368 bits per heavy atom. The minimum absolute atomic E-state index is 0.813. The van der Waals surface area contributed by atoms with Gasteiger partial charge >= 0.3 is 0 Å². The standard InChI is InChI=1S/C54H35N3/c1-2-17-41-39(15-1)40-16-3-4-20-44(40)48-32-37(14-13-23-45(41)48)54-47-22-8-6-19-43(47)42-18-5-7-21-46(42)53(54)36-28-26-35(27-29-36)38-33-51(49-24-9-11-30-55-49)57-52(34-38)50-25-10-12-31-56-50/h1-22,24-34H,23H2. The molecule has 11 rings (SSSR count). The van der Waals surface area contributed by atoms with E-state index >= 15 is 0 Å². The van der Waals surface area contributed by atoms with Crippen LogP contribution in [-0.4, -0.2) is 15.0 Å². The molecule has 1 aliphatic rings. The van der Waals surface area contributed by atoms with E-state index < -0.39 is 0 Å². The van der Waals surface area contributed by atoms with Gasteiger partial charge in [0.05, 0.1) is 22.8 Å². The molecular formula is C54H35N3. The number of allylic oxidation sites excluding steroid dienone is 3. The number of pyridine rings is 3. The Hall–Kier alpha value is -7.49. The quantitative estimate of drug-likeness (QED) is 0.166. The van der Waals surface area contributed by atoms with Gasteiger partial charge in [0, 0.05) is 12.4 Å². The molecule has 57 heavy (non-hydrogen) atoms. The highest BCUT2D eigenvalue weighted by molar-refractivity contribution is 6.22. The number of nitrogens with zero attached hydrogens (tertiary/aromatic N) is 3. The Bertz CT molecular complexity index is 3180. The van der Waals surface area contributed by atoms with Crippen molar-refractivity contribution in [1.82, 2.24) is 15.0 Å². The molecule has 3 aromatic heterocycles. The van der Waals surface area contributed by atoms with Crippen LogP contribution in [0.1, 0.15) is 16.7 Å². The zero-order chi connectivity index (χ0) is 37.7. The van der Waals surface area contributed by atoms with Crippen molar-refractivity contribution in [2.24, 2.45) is 0 Å². The second-order valence-electron chi connectivity index (χ2n) is 14.7. The summed E-state index contributed by atoms with van der Waals surface area (Å²) >= 11 is 0. The van der Waals surface area contributed by atoms with E-state index in [0.29, 0.717) is 0 Å². The van der Waals surface area contributed by atoms with Crippen LogP contribution >= 0.6 is 0 Å². The maximum Gasteiger partial charge on any atom is 0.0900 e. The van der Waals surface area contributed by atoms with Gasteiger partial charge in [0.1, 0.15) is 0 Å². The summed E-state index contributed by atoms with van der Waals surface area (Å²) in [4.78, 5) is 14.3. The number of aromatic nitrogens is 3. The van der Waals surface area contributed by atoms with E-state index in [9.17, 15) is 0 Å². The highest BCUT2D eigenvalue weighted by Gasteiger charge is 2.21. The normalized spacial score (nSPS) is 12.5. The minimum atomic E-state index is 0.813. The van der Waals surface area contributed by atoms with Crippen LogP contribution in [0.15, 0.2) is 194 Å². The van der Waals surface area contributed by atoms with Gasteiger partial charge in [0.15, 0.2) is 0 Å². The summed E-state index contributed by atoms with van der Waals surface area (Å²) in [5, 5.41) is 10.2. The van der Waals surface area contributed by atoms with Crippen LogP contribution in [0.3, 0.4) is 0 Å². The molecule has 0 N–H and O–H groups in total. The van der Waals surface area contributed by atoms with Crippen LogP contribution in [0, 0.1) is 0 Å². The molecule has 0 saturated carbocycles. The first-order chi connectivity index (χ1) is 28.3. The molecule has 266 valence electrons. The first kappa shape index (κ1) is 32.9. The lowest BCUT2D eigenvalue weighted by Gasteiger charge is -2.20. The summed E-state index contributed by atoms with van der Waals surface area (Å²) < 4.78 is 0. The molecule has 10 aromatic rings. The summed E-state index contributed by atoms with van der Waals surface area (Å²) in [6.07, 6.45) is 11.7. The summed E-state index contributed by atoms with van der Waals surface area (Å²) in [6.45, 7) is 0. The van der Waals surface area contributed by atoms with Crippen molar-refractivity contribution in [3.05, 3.63) is 211 Å². The van der Waals surface area contributed by atoms with Gasteiger partial charge in [-0.25, -0.2) is 4.98 Å². The molecule has 1 aliphatic carbocycles. The first-order valence-corrected chi connectivity index (χ1v) is 19.5. The average Bonchev–Trinajstić information content (AvgIpc) is 3.53. The molecule has 3 heterocycles. The lowest BCUT2D eigenvalue weighted by atomic mass is 9.83. The Morgan fingerprint density at radius 2 is 0.842 bits per heavy atom. The molecule has 0 radical (unpaired) electrons. The fourth-order valence-corrected chi connectivity index (χ4v) is 8.85. The van der Waals surface area contributed by atoms with E-state index in [2.05, 4.69) is 162 Å².